The molecule has 110 valence electrons. The minimum Gasteiger partial charge on any atom is -0.485 e. The van der Waals surface area contributed by atoms with Crippen LogP contribution in [-0.4, -0.2) is 25.3 Å². The molecule has 1 heterocycles. The Labute approximate surface area is 127 Å². The molecule has 0 aliphatic carbocycles. The molecule has 0 saturated carbocycles. The Hall–Kier alpha value is -2.14. The van der Waals surface area contributed by atoms with Gasteiger partial charge in [-0.3, -0.25) is 9.59 Å². The fourth-order valence-corrected chi connectivity index (χ4v) is 2.92. The number of carbonyl (C=O) groups is 2. The number of benzene rings is 1. The van der Waals surface area contributed by atoms with Gasteiger partial charge >= 0.3 is 0 Å². The third-order valence-electron chi connectivity index (χ3n) is 3.05. The third kappa shape index (κ3) is 3.70. The smallest absolute Gasteiger partial charge is 0.251 e. The summed E-state index contributed by atoms with van der Waals surface area (Å²) in [6.45, 7) is 3.91. The molecule has 0 saturated heterocycles. The van der Waals surface area contributed by atoms with Crippen LogP contribution in [0.1, 0.15) is 30.5 Å². The van der Waals surface area contributed by atoms with Crippen LogP contribution in [0.15, 0.2) is 30.3 Å². The maximum atomic E-state index is 12.1. The summed E-state index contributed by atoms with van der Waals surface area (Å²) in [6.07, 6.45) is 0. The van der Waals surface area contributed by atoms with Crippen molar-refractivity contribution in [1.29, 1.82) is 0 Å². The van der Waals surface area contributed by atoms with Crippen molar-refractivity contribution in [3.63, 3.8) is 0 Å². The maximum absolute atomic E-state index is 12.1. The second kappa shape index (κ2) is 6.54. The number of hydrogen-bond acceptors (Lipinski definition) is 4. The summed E-state index contributed by atoms with van der Waals surface area (Å²) in [7, 11) is 1.58. The van der Waals surface area contributed by atoms with Gasteiger partial charge in [0.25, 0.3) is 5.91 Å². The molecular formula is C16H17NO3S. The van der Waals surface area contributed by atoms with Gasteiger partial charge in [-0.2, -0.15) is 0 Å². The van der Waals surface area contributed by atoms with Crippen LogP contribution in [0.25, 0.3) is 0 Å². The van der Waals surface area contributed by atoms with E-state index in [1.807, 2.05) is 19.9 Å². The van der Waals surface area contributed by atoms with E-state index >= 15 is 0 Å². The first-order chi connectivity index (χ1) is 10.0. The van der Waals surface area contributed by atoms with E-state index in [9.17, 15) is 9.59 Å². The van der Waals surface area contributed by atoms with Crippen LogP contribution in [0.3, 0.4) is 0 Å². The molecule has 0 unspecified atom stereocenters. The van der Waals surface area contributed by atoms with Gasteiger partial charge in [-0.15, -0.1) is 11.3 Å². The Morgan fingerprint density at radius 1 is 1.19 bits per heavy atom. The van der Waals surface area contributed by atoms with E-state index < -0.39 is 0 Å². The zero-order valence-corrected chi connectivity index (χ0v) is 13.0. The van der Waals surface area contributed by atoms with Gasteiger partial charge in [0.2, 0.25) is 5.78 Å². The van der Waals surface area contributed by atoms with Crippen molar-refractivity contribution in [2.45, 2.75) is 13.8 Å². The molecule has 21 heavy (non-hydrogen) atoms. The van der Waals surface area contributed by atoms with Gasteiger partial charge in [0, 0.05) is 27.9 Å². The van der Waals surface area contributed by atoms with Gasteiger partial charge in [-0.1, -0.05) is 0 Å². The fourth-order valence-electron chi connectivity index (χ4n) is 1.98. The molecule has 5 heteroatoms. The maximum Gasteiger partial charge on any atom is 0.251 e. The molecule has 0 fully saturated rings. The van der Waals surface area contributed by atoms with E-state index in [1.54, 1.807) is 42.6 Å². The van der Waals surface area contributed by atoms with E-state index in [0.29, 0.717) is 11.3 Å². The van der Waals surface area contributed by atoms with Crippen LogP contribution in [0, 0.1) is 13.8 Å². The average molecular weight is 303 g/mol. The summed E-state index contributed by atoms with van der Waals surface area (Å²) in [5.41, 5.74) is 1.28. The molecule has 2 aromatic rings. The van der Waals surface area contributed by atoms with Crippen LogP contribution < -0.4 is 10.1 Å². The largest absolute Gasteiger partial charge is 0.485 e. The molecule has 0 atom stereocenters. The van der Waals surface area contributed by atoms with E-state index in [-0.39, 0.29) is 18.3 Å². The van der Waals surface area contributed by atoms with Crippen LogP contribution in [0.2, 0.25) is 0 Å². The first-order valence-electron chi connectivity index (χ1n) is 6.56. The van der Waals surface area contributed by atoms with E-state index in [1.165, 1.54) is 0 Å². The molecule has 1 amide bonds. The fraction of sp³-hybridized carbons (Fsp3) is 0.250. The molecule has 2 rings (SSSR count). The zero-order chi connectivity index (χ0) is 15.4. The molecule has 0 radical (unpaired) electrons. The van der Waals surface area contributed by atoms with Crippen molar-refractivity contribution in [2.24, 2.45) is 0 Å². The summed E-state index contributed by atoms with van der Waals surface area (Å²) in [5, 5.41) is 2.55. The number of thiophene rings is 1. The predicted octanol–water partition coefficient (Wildman–Crippen LogP) is 2.99. The Kier molecular flexibility index (Phi) is 4.75. The van der Waals surface area contributed by atoms with Crippen LogP contribution in [0.4, 0.5) is 0 Å². The van der Waals surface area contributed by atoms with Crippen molar-refractivity contribution >= 4 is 23.0 Å². The van der Waals surface area contributed by atoms with Gasteiger partial charge in [0.05, 0.1) is 0 Å². The Morgan fingerprint density at radius 3 is 2.38 bits per heavy atom. The van der Waals surface area contributed by atoms with Crippen LogP contribution in [-0.2, 0) is 0 Å². The highest BCUT2D eigenvalue weighted by molar-refractivity contribution is 7.12. The van der Waals surface area contributed by atoms with Crippen molar-refractivity contribution in [3.8, 4) is 5.75 Å². The molecule has 0 aliphatic rings. The van der Waals surface area contributed by atoms with Crippen molar-refractivity contribution in [2.75, 3.05) is 13.7 Å². The number of rotatable bonds is 5. The van der Waals surface area contributed by atoms with E-state index in [0.717, 1.165) is 15.3 Å². The van der Waals surface area contributed by atoms with Crippen molar-refractivity contribution in [1.82, 2.24) is 5.32 Å². The highest BCUT2D eigenvalue weighted by Gasteiger charge is 2.12. The number of ketones is 1. The van der Waals surface area contributed by atoms with Gasteiger partial charge in [-0.25, -0.2) is 0 Å². The molecule has 0 bridgehead atoms. The number of ether oxygens (including phenoxy) is 1. The second-order valence-corrected chi connectivity index (χ2v) is 6.10. The second-order valence-electron chi connectivity index (χ2n) is 4.64. The molecule has 1 aromatic heterocycles. The number of Topliss-reactive ketones (excluding diaryl/α,β-unsaturated/α-hetero) is 1. The highest BCUT2D eigenvalue weighted by Crippen LogP contribution is 2.21. The lowest BCUT2D eigenvalue weighted by molar-refractivity contribution is 0.0919. The summed E-state index contributed by atoms with van der Waals surface area (Å²) >= 11 is 1.61. The van der Waals surface area contributed by atoms with Gasteiger partial charge in [0.15, 0.2) is 6.61 Å². The lowest BCUT2D eigenvalue weighted by atomic mass is 10.1. The van der Waals surface area contributed by atoms with Gasteiger partial charge in [-0.05, 0) is 44.2 Å². The third-order valence-corrected chi connectivity index (χ3v) is 4.02. The number of hydrogen-bond donors (Lipinski definition) is 1. The molecular weight excluding hydrogens is 286 g/mol. The highest BCUT2D eigenvalue weighted by atomic mass is 32.1. The normalized spacial score (nSPS) is 10.2. The lowest BCUT2D eigenvalue weighted by Crippen LogP contribution is -2.17. The average Bonchev–Trinajstić information content (AvgIpc) is 2.83. The Balaban J connectivity index is 1.98. The number of amides is 1. The molecule has 1 N–H and O–H groups in total. The quantitative estimate of drug-likeness (QED) is 0.864. The van der Waals surface area contributed by atoms with Crippen molar-refractivity contribution in [3.05, 3.63) is 51.2 Å². The number of carbonyl (C=O) groups excluding carboxylic acids is 2. The number of nitrogens with one attached hydrogen (secondary N) is 1. The van der Waals surface area contributed by atoms with E-state index in [4.69, 9.17) is 4.74 Å². The minimum atomic E-state index is -0.151. The monoisotopic (exact) mass is 303 g/mol. The van der Waals surface area contributed by atoms with Crippen LogP contribution in [0.5, 0.6) is 5.75 Å². The summed E-state index contributed by atoms with van der Waals surface area (Å²) < 4.78 is 5.48. The topological polar surface area (TPSA) is 55.4 Å². The lowest BCUT2D eigenvalue weighted by Gasteiger charge is -2.06. The minimum absolute atomic E-state index is 0.00364. The molecule has 0 spiro atoms. The Bertz CT molecular complexity index is 659. The summed E-state index contributed by atoms with van der Waals surface area (Å²) in [6, 6.07) is 8.59. The van der Waals surface area contributed by atoms with Gasteiger partial charge < -0.3 is 10.1 Å². The van der Waals surface area contributed by atoms with E-state index in [2.05, 4.69) is 5.32 Å². The molecule has 4 nitrogen and oxygen atoms in total. The SMILES string of the molecule is CNC(=O)c1ccc(OCC(=O)c2cc(C)sc2C)cc1. The first kappa shape index (κ1) is 15.3. The van der Waals surface area contributed by atoms with Gasteiger partial charge in [0.1, 0.15) is 5.75 Å². The summed E-state index contributed by atoms with van der Waals surface area (Å²) in [4.78, 5) is 25.6. The molecule has 1 aromatic carbocycles. The predicted molar refractivity (Wildman–Crippen MR) is 83.5 cm³/mol. The zero-order valence-electron chi connectivity index (χ0n) is 12.2. The standard InChI is InChI=1S/C16H17NO3S/c1-10-8-14(11(2)21-10)15(18)9-20-13-6-4-12(5-7-13)16(19)17-3/h4-8H,9H2,1-3H3,(H,17,19). The van der Waals surface area contributed by atoms with Crippen LogP contribution >= 0.6 is 11.3 Å². The molecule has 0 aliphatic heterocycles. The van der Waals surface area contributed by atoms with Crippen molar-refractivity contribution < 1.29 is 14.3 Å². The first-order valence-corrected chi connectivity index (χ1v) is 7.38. The Morgan fingerprint density at radius 2 is 1.86 bits per heavy atom. The summed E-state index contributed by atoms with van der Waals surface area (Å²) in [5.74, 6) is 0.384. The number of aryl methyl sites for hydroxylation is 2.